The van der Waals surface area contributed by atoms with E-state index < -0.39 is 0 Å². The Kier molecular flexibility index (Phi) is 5.65. The Hall–Kier alpha value is -3.57. The Morgan fingerprint density at radius 2 is 1.94 bits per heavy atom. The number of rotatable bonds is 6. The molecule has 0 atom stereocenters. The van der Waals surface area contributed by atoms with E-state index in [1.165, 1.54) is 11.8 Å². The second-order valence-electron chi connectivity index (χ2n) is 7.48. The zero-order valence-electron chi connectivity index (χ0n) is 17.5. The van der Waals surface area contributed by atoms with Crippen LogP contribution in [0.25, 0.3) is 11.5 Å². The summed E-state index contributed by atoms with van der Waals surface area (Å²) in [5.41, 5.74) is 7.40. The third kappa shape index (κ3) is 4.68. The monoisotopic (exact) mass is 449 g/mol. The molecule has 0 bridgehead atoms. The second kappa shape index (κ2) is 8.89. The lowest BCUT2D eigenvalue weighted by molar-refractivity contribution is 0.311. The Labute approximate surface area is 189 Å². The molecule has 1 aliphatic rings. The van der Waals surface area contributed by atoms with Gasteiger partial charge in [-0.1, -0.05) is 6.07 Å². The highest BCUT2D eigenvalue weighted by molar-refractivity contribution is 7.99. The molecule has 4 heterocycles. The Morgan fingerprint density at radius 3 is 2.72 bits per heavy atom. The van der Waals surface area contributed by atoms with Crippen LogP contribution < -0.4 is 16.0 Å². The highest BCUT2D eigenvalue weighted by Crippen LogP contribution is 2.29. The van der Waals surface area contributed by atoms with Crippen LogP contribution >= 0.6 is 11.8 Å². The molecule has 0 aliphatic carbocycles. The molecule has 5 rings (SSSR count). The molecule has 10 nitrogen and oxygen atoms in total. The molecule has 1 saturated heterocycles. The fraction of sp³-hybridized carbons (Fsp3) is 0.238. The smallest absolute Gasteiger partial charge is 0.234 e. The second-order valence-corrected chi connectivity index (χ2v) is 8.52. The predicted molar refractivity (Wildman–Crippen MR) is 124 cm³/mol. The number of piperazine rings is 1. The van der Waals surface area contributed by atoms with E-state index in [4.69, 9.17) is 15.1 Å². The van der Waals surface area contributed by atoms with E-state index in [1.54, 1.807) is 6.26 Å². The van der Waals surface area contributed by atoms with Crippen molar-refractivity contribution in [2.24, 2.45) is 0 Å². The number of anilines is 4. The summed E-state index contributed by atoms with van der Waals surface area (Å²) in [6, 6.07) is 13.2. The zero-order chi connectivity index (χ0) is 21.9. The molecule has 164 valence electrons. The van der Waals surface area contributed by atoms with Gasteiger partial charge in [-0.3, -0.25) is 5.10 Å². The van der Waals surface area contributed by atoms with Crippen molar-refractivity contribution in [3.05, 3.63) is 48.7 Å². The van der Waals surface area contributed by atoms with E-state index in [9.17, 15) is 0 Å². The number of furan rings is 1. The maximum Gasteiger partial charge on any atom is 0.234 e. The number of H-pyrrole nitrogens is 1. The van der Waals surface area contributed by atoms with Crippen LogP contribution in [0.1, 0.15) is 0 Å². The van der Waals surface area contributed by atoms with Gasteiger partial charge in [0.15, 0.2) is 16.7 Å². The summed E-state index contributed by atoms with van der Waals surface area (Å²) in [6.07, 6.45) is 1.62. The van der Waals surface area contributed by atoms with Crippen LogP contribution in [0.2, 0.25) is 0 Å². The van der Waals surface area contributed by atoms with Gasteiger partial charge in [-0.05, 0) is 49.1 Å². The van der Waals surface area contributed by atoms with Crippen LogP contribution in [0.4, 0.5) is 23.4 Å². The molecule has 1 aliphatic heterocycles. The molecule has 1 fully saturated rings. The van der Waals surface area contributed by atoms with Gasteiger partial charge in [-0.25, -0.2) is 0 Å². The van der Waals surface area contributed by atoms with E-state index in [2.05, 4.69) is 42.3 Å². The molecule has 4 N–H and O–H groups in total. The van der Waals surface area contributed by atoms with Crippen LogP contribution in [0.5, 0.6) is 0 Å². The van der Waals surface area contributed by atoms with Gasteiger partial charge in [0, 0.05) is 42.8 Å². The molecule has 0 unspecified atom stereocenters. The van der Waals surface area contributed by atoms with Crippen molar-refractivity contribution in [2.45, 2.75) is 10.1 Å². The maximum absolute atomic E-state index is 5.94. The van der Waals surface area contributed by atoms with Crippen LogP contribution in [0.15, 0.2) is 63.2 Å². The van der Waals surface area contributed by atoms with Gasteiger partial charge >= 0.3 is 0 Å². The van der Waals surface area contributed by atoms with Crippen LogP contribution in [-0.2, 0) is 0 Å². The summed E-state index contributed by atoms with van der Waals surface area (Å²) < 4.78 is 5.42. The van der Waals surface area contributed by atoms with Crippen LogP contribution in [0, 0.1) is 0 Å². The summed E-state index contributed by atoms with van der Waals surface area (Å²) in [5, 5.41) is 11.0. The van der Waals surface area contributed by atoms with Gasteiger partial charge in [-0.2, -0.15) is 20.1 Å². The zero-order valence-corrected chi connectivity index (χ0v) is 18.3. The molecule has 11 heteroatoms. The number of aromatic nitrogens is 5. The van der Waals surface area contributed by atoms with Gasteiger partial charge < -0.3 is 25.3 Å². The van der Waals surface area contributed by atoms with E-state index in [1.807, 2.05) is 42.5 Å². The van der Waals surface area contributed by atoms with Gasteiger partial charge in [0.25, 0.3) is 0 Å². The normalized spacial score (nSPS) is 14.6. The highest BCUT2D eigenvalue weighted by atomic mass is 32.2. The fourth-order valence-corrected chi connectivity index (χ4v) is 4.15. The molecule has 0 radical (unpaired) electrons. The third-order valence-electron chi connectivity index (χ3n) is 5.06. The number of aromatic amines is 1. The summed E-state index contributed by atoms with van der Waals surface area (Å²) >= 11 is 1.45. The lowest BCUT2D eigenvalue weighted by Gasteiger charge is -2.32. The lowest BCUT2D eigenvalue weighted by atomic mass is 10.3. The first-order valence-electron chi connectivity index (χ1n) is 10.2. The number of hydrogen-bond donors (Lipinski definition) is 3. The summed E-state index contributed by atoms with van der Waals surface area (Å²) in [4.78, 5) is 19.4. The number of hydrogen-bond acceptors (Lipinski definition) is 10. The van der Waals surface area contributed by atoms with Crippen LogP contribution in [0.3, 0.4) is 0 Å². The van der Waals surface area contributed by atoms with Crippen LogP contribution in [-0.4, -0.2) is 63.3 Å². The van der Waals surface area contributed by atoms with Gasteiger partial charge in [0.2, 0.25) is 11.9 Å². The molecule has 4 aromatic rings. The molecule has 0 spiro atoms. The molecular formula is C21H23N9OS. The Morgan fingerprint density at radius 1 is 1.06 bits per heavy atom. The minimum atomic E-state index is 0.429. The average Bonchev–Trinajstić information content (AvgIpc) is 3.46. The number of benzene rings is 1. The van der Waals surface area contributed by atoms with Crippen molar-refractivity contribution >= 4 is 35.2 Å². The first-order valence-corrected chi connectivity index (χ1v) is 11.0. The molecule has 0 saturated carbocycles. The summed E-state index contributed by atoms with van der Waals surface area (Å²) in [5.74, 6) is 2.37. The topological polar surface area (TPSA) is 125 Å². The predicted octanol–water partition coefficient (Wildman–Crippen LogP) is 3.08. The van der Waals surface area contributed by atoms with Crippen molar-refractivity contribution < 1.29 is 4.42 Å². The number of nitrogens with one attached hydrogen (secondary N) is 2. The van der Waals surface area contributed by atoms with Crippen molar-refractivity contribution in [2.75, 3.05) is 49.2 Å². The van der Waals surface area contributed by atoms with Crippen molar-refractivity contribution in [3.63, 3.8) is 0 Å². The van der Waals surface area contributed by atoms with E-state index in [0.29, 0.717) is 34.3 Å². The molecule has 3 aromatic heterocycles. The number of nitrogens with zero attached hydrogens (tertiary/aromatic N) is 6. The minimum absolute atomic E-state index is 0.429. The molecule has 32 heavy (non-hydrogen) atoms. The largest absolute Gasteiger partial charge is 0.463 e. The standard InChI is InChI=1S/C21H23N9OS/c1-29-7-9-30(10-8-29)20-24-19(23-18-13-16(27-28-18)17-6-3-11-31-17)25-21(26-20)32-15-5-2-4-14(22)12-15/h2-6,11-13H,7-10,22H2,1H3,(H2,23,24,25,26,27,28). The van der Waals surface area contributed by atoms with Crippen molar-refractivity contribution in [1.29, 1.82) is 0 Å². The van der Waals surface area contributed by atoms with E-state index >= 15 is 0 Å². The lowest BCUT2D eigenvalue weighted by Crippen LogP contribution is -2.45. The van der Waals surface area contributed by atoms with Gasteiger partial charge in [-0.15, -0.1) is 0 Å². The first kappa shape index (κ1) is 20.3. The first-order chi connectivity index (χ1) is 15.6. The third-order valence-corrected chi connectivity index (χ3v) is 5.92. The SMILES string of the molecule is CN1CCN(c2nc(Nc3cc(-c4ccco4)[nH]n3)nc(Sc3cccc(N)c3)n2)CC1. The quantitative estimate of drug-likeness (QED) is 0.378. The van der Waals surface area contributed by atoms with Gasteiger partial charge in [0.05, 0.1) is 6.26 Å². The Balaban J connectivity index is 1.43. The minimum Gasteiger partial charge on any atom is -0.463 e. The van der Waals surface area contributed by atoms with Crippen molar-refractivity contribution in [1.82, 2.24) is 30.0 Å². The Bertz CT molecular complexity index is 1190. The molecular weight excluding hydrogens is 426 g/mol. The van der Waals surface area contributed by atoms with E-state index in [-0.39, 0.29) is 0 Å². The van der Waals surface area contributed by atoms with Crippen molar-refractivity contribution in [3.8, 4) is 11.5 Å². The maximum atomic E-state index is 5.94. The van der Waals surface area contributed by atoms with Gasteiger partial charge in [0.1, 0.15) is 5.69 Å². The number of nitrogens with two attached hydrogens (primary N) is 1. The number of likely N-dealkylation sites (N-methyl/N-ethyl adjacent to an activating group) is 1. The molecule has 1 aromatic carbocycles. The molecule has 0 amide bonds. The average molecular weight is 450 g/mol. The highest BCUT2D eigenvalue weighted by Gasteiger charge is 2.19. The summed E-state index contributed by atoms with van der Waals surface area (Å²) in [6.45, 7) is 3.62. The van der Waals surface area contributed by atoms with E-state index in [0.717, 1.165) is 36.8 Å². The number of nitrogen functional groups attached to an aromatic ring is 1. The fourth-order valence-electron chi connectivity index (χ4n) is 3.34. The summed E-state index contributed by atoms with van der Waals surface area (Å²) in [7, 11) is 2.12.